The highest BCUT2D eigenvalue weighted by molar-refractivity contribution is 5.81. The number of hydrogen-bond acceptors (Lipinski definition) is 6. The Morgan fingerprint density at radius 2 is 1.93 bits per heavy atom. The molecule has 4 heterocycles. The standard InChI is InChI=1S/C19H21N7O/c27-19(23-21-16-6-7-17-22-20-12-26(17)24-16)18-14-8-15(18)11-25(10-14)9-13-4-2-1-3-5-13/h1-7,12,14-15,18H,8-11H2,(H,21,24)(H,23,27)/t14-,15+,18?. The van der Waals surface area contributed by atoms with Gasteiger partial charge in [-0.05, 0) is 36.0 Å². The van der Waals surface area contributed by atoms with Crippen LogP contribution in [0.5, 0.6) is 0 Å². The third kappa shape index (κ3) is 3.12. The van der Waals surface area contributed by atoms with Gasteiger partial charge < -0.3 is 0 Å². The Hall–Kier alpha value is -3.00. The number of carbonyl (C=O) groups is 1. The summed E-state index contributed by atoms with van der Waals surface area (Å²) in [6, 6.07) is 14.1. The minimum absolute atomic E-state index is 0.0567. The second-order valence-electron chi connectivity index (χ2n) is 7.43. The number of rotatable bonds is 5. The Morgan fingerprint density at radius 1 is 1.11 bits per heavy atom. The van der Waals surface area contributed by atoms with E-state index in [9.17, 15) is 4.79 Å². The van der Waals surface area contributed by atoms with Gasteiger partial charge in [-0.2, -0.15) is 4.52 Å². The molecule has 138 valence electrons. The summed E-state index contributed by atoms with van der Waals surface area (Å²) in [4.78, 5) is 15.1. The van der Waals surface area contributed by atoms with Crippen molar-refractivity contribution in [3.05, 3.63) is 54.4 Å². The predicted octanol–water partition coefficient (Wildman–Crippen LogP) is 1.34. The molecule has 1 saturated carbocycles. The van der Waals surface area contributed by atoms with Crippen molar-refractivity contribution in [1.82, 2.24) is 30.1 Å². The van der Waals surface area contributed by atoms with Crippen LogP contribution in [0.3, 0.4) is 0 Å². The van der Waals surface area contributed by atoms with Gasteiger partial charge in [0.15, 0.2) is 11.5 Å². The average Bonchev–Trinajstić information content (AvgIpc) is 3.15. The quantitative estimate of drug-likeness (QED) is 0.665. The van der Waals surface area contributed by atoms with Crippen molar-refractivity contribution in [2.45, 2.75) is 13.0 Å². The van der Waals surface area contributed by atoms with Crippen molar-refractivity contribution in [3.8, 4) is 0 Å². The Bertz CT molecular complexity index is 945. The molecule has 2 N–H and O–H groups in total. The summed E-state index contributed by atoms with van der Waals surface area (Å²) < 4.78 is 1.56. The van der Waals surface area contributed by atoms with Gasteiger partial charge in [-0.1, -0.05) is 30.3 Å². The molecule has 6 rings (SSSR count). The van der Waals surface area contributed by atoms with E-state index < -0.39 is 0 Å². The van der Waals surface area contributed by atoms with Gasteiger partial charge in [0.2, 0.25) is 5.91 Å². The molecule has 8 heteroatoms. The lowest BCUT2D eigenvalue weighted by Gasteiger charge is -2.52. The van der Waals surface area contributed by atoms with E-state index in [2.05, 4.69) is 55.3 Å². The summed E-state index contributed by atoms with van der Waals surface area (Å²) >= 11 is 0. The van der Waals surface area contributed by atoms with E-state index >= 15 is 0 Å². The normalized spacial score (nSPS) is 24.4. The lowest BCUT2D eigenvalue weighted by Crippen LogP contribution is -2.59. The first-order valence-corrected chi connectivity index (χ1v) is 9.25. The highest BCUT2D eigenvalue weighted by atomic mass is 16.2. The summed E-state index contributed by atoms with van der Waals surface area (Å²) in [5.74, 6) is 1.57. The van der Waals surface area contributed by atoms with Crippen molar-refractivity contribution >= 4 is 17.4 Å². The first-order valence-electron chi connectivity index (χ1n) is 9.25. The van der Waals surface area contributed by atoms with Gasteiger partial charge in [0, 0.05) is 25.6 Å². The van der Waals surface area contributed by atoms with Crippen LogP contribution >= 0.6 is 0 Å². The maximum absolute atomic E-state index is 12.6. The number of nitrogens with zero attached hydrogens (tertiary/aromatic N) is 5. The number of piperidine rings is 2. The number of carbonyl (C=O) groups excluding carboxylic acids is 1. The minimum atomic E-state index is 0.0567. The molecule has 1 aliphatic carbocycles. The molecule has 27 heavy (non-hydrogen) atoms. The second-order valence-corrected chi connectivity index (χ2v) is 7.43. The molecule has 0 radical (unpaired) electrons. The molecular weight excluding hydrogens is 342 g/mol. The Labute approximate surface area is 156 Å². The Balaban J connectivity index is 1.16. The highest BCUT2D eigenvalue weighted by Crippen LogP contribution is 2.45. The van der Waals surface area contributed by atoms with Crippen LogP contribution in [0, 0.1) is 17.8 Å². The smallest absolute Gasteiger partial charge is 0.242 e. The van der Waals surface area contributed by atoms with E-state index in [0.29, 0.717) is 23.3 Å². The predicted molar refractivity (Wildman–Crippen MR) is 99.4 cm³/mol. The zero-order chi connectivity index (χ0) is 18.2. The third-order valence-corrected chi connectivity index (χ3v) is 5.63. The first-order chi connectivity index (χ1) is 13.3. The molecule has 2 bridgehead atoms. The maximum Gasteiger partial charge on any atom is 0.242 e. The summed E-state index contributed by atoms with van der Waals surface area (Å²) in [6.07, 6.45) is 2.67. The first kappa shape index (κ1) is 16.2. The zero-order valence-corrected chi connectivity index (χ0v) is 14.8. The second kappa shape index (κ2) is 6.62. The molecule has 1 unspecified atom stereocenters. The molecule has 2 aromatic heterocycles. The van der Waals surface area contributed by atoms with Gasteiger partial charge in [0.25, 0.3) is 0 Å². The molecule has 3 aromatic rings. The lowest BCUT2D eigenvalue weighted by atomic mass is 9.61. The molecule has 8 nitrogen and oxygen atoms in total. The van der Waals surface area contributed by atoms with Crippen LogP contribution in [-0.4, -0.2) is 43.7 Å². The molecule has 3 aliphatic rings. The minimum Gasteiger partial charge on any atom is -0.298 e. The van der Waals surface area contributed by atoms with E-state index in [4.69, 9.17) is 0 Å². The number of hydrazine groups is 1. The largest absolute Gasteiger partial charge is 0.298 e. The SMILES string of the molecule is O=C(NNc1ccc2nncn2n1)C1[C@@H]2C[C@H]1CN(Cc1ccccc1)C2. The van der Waals surface area contributed by atoms with Crippen LogP contribution in [0.15, 0.2) is 48.8 Å². The van der Waals surface area contributed by atoms with Crippen LogP contribution in [0.2, 0.25) is 0 Å². The molecule has 3 fully saturated rings. The van der Waals surface area contributed by atoms with E-state index in [1.807, 2.05) is 6.07 Å². The van der Waals surface area contributed by atoms with Gasteiger partial charge in [0.1, 0.15) is 6.33 Å². The topological polar surface area (TPSA) is 87.4 Å². The summed E-state index contributed by atoms with van der Waals surface area (Å²) in [5.41, 5.74) is 7.74. The van der Waals surface area contributed by atoms with Crippen molar-refractivity contribution in [3.63, 3.8) is 0 Å². The third-order valence-electron chi connectivity index (χ3n) is 5.63. The zero-order valence-electron chi connectivity index (χ0n) is 14.8. The fraction of sp³-hybridized carbons (Fsp3) is 0.368. The fourth-order valence-electron chi connectivity index (χ4n) is 4.39. The van der Waals surface area contributed by atoms with E-state index in [1.54, 1.807) is 16.6 Å². The average molecular weight is 363 g/mol. The molecule has 0 spiro atoms. The van der Waals surface area contributed by atoms with Crippen molar-refractivity contribution in [1.29, 1.82) is 0 Å². The molecule has 2 saturated heterocycles. The van der Waals surface area contributed by atoms with Gasteiger partial charge >= 0.3 is 0 Å². The van der Waals surface area contributed by atoms with Crippen molar-refractivity contribution in [2.75, 3.05) is 18.5 Å². The van der Waals surface area contributed by atoms with Gasteiger partial charge in [-0.3, -0.25) is 20.5 Å². The van der Waals surface area contributed by atoms with Crippen LogP contribution in [-0.2, 0) is 11.3 Å². The molecule has 1 aromatic carbocycles. The van der Waals surface area contributed by atoms with Crippen LogP contribution < -0.4 is 10.9 Å². The van der Waals surface area contributed by atoms with E-state index in [1.165, 1.54) is 11.9 Å². The van der Waals surface area contributed by atoms with E-state index in [-0.39, 0.29) is 11.8 Å². The summed E-state index contributed by atoms with van der Waals surface area (Å²) in [7, 11) is 0. The number of nitrogens with one attached hydrogen (secondary N) is 2. The van der Waals surface area contributed by atoms with Gasteiger partial charge in [0.05, 0.1) is 0 Å². The van der Waals surface area contributed by atoms with Gasteiger partial charge in [-0.25, -0.2) is 0 Å². The molecule has 1 amide bonds. The lowest BCUT2D eigenvalue weighted by molar-refractivity contribution is -0.141. The highest BCUT2D eigenvalue weighted by Gasteiger charge is 2.50. The monoisotopic (exact) mass is 363 g/mol. The Morgan fingerprint density at radius 3 is 2.74 bits per heavy atom. The van der Waals surface area contributed by atoms with Crippen molar-refractivity contribution < 1.29 is 4.79 Å². The molecule has 3 atom stereocenters. The fourth-order valence-corrected chi connectivity index (χ4v) is 4.39. The number of fused-ring (bicyclic) bond motifs is 3. The number of hydrogen-bond donors (Lipinski definition) is 2. The summed E-state index contributed by atoms with van der Waals surface area (Å²) in [6.45, 7) is 2.92. The molecule has 2 aliphatic heterocycles. The van der Waals surface area contributed by atoms with Crippen LogP contribution in [0.4, 0.5) is 5.82 Å². The number of aromatic nitrogens is 4. The van der Waals surface area contributed by atoms with E-state index in [0.717, 1.165) is 26.1 Å². The maximum atomic E-state index is 12.6. The van der Waals surface area contributed by atoms with Crippen LogP contribution in [0.25, 0.3) is 5.65 Å². The van der Waals surface area contributed by atoms with Gasteiger partial charge in [-0.15, -0.1) is 15.3 Å². The van der Waals surface area contributed by atoms with Crippen LogP contribution in [0.1, 0.15) is 12.0 Å². The number of amides is 1. The number of anilines is 1. The molecular formula is C19H21N7O. The van der Waals surface area contributed by atoms with Crippen molar-refractivity contribution in [2.24, 2.45) is 17.8 Å². The summed E-state index contributed by atoms with van der Waals surface area (Å²) in [5, 5.41) is 12.0. The Kier molecular flexibility index (Phi) is 3.97. The number of benzene rings is 1.